The highest BCUT2D eigenvalue weighted by Crippen LogP contribution is 2.35. The molecule has 0 saturated heterocycles. The van der Waals surface area contributed by atoms with Crippen LogP contribution in [0.3, 0.4) is 0 Å². The maximum absolute atomic E-state index is 11.8. The number of fused-ring (bicyclic) bond motifs is 1. The summed E-state index contributed by atoms with van der Waals surface area (Å²) in [4.78, 5) is 0.533. The molecule has 1 aliphatic rings. The highest BCUT2D eigenvalue weighted by atomic mass is 32.2. The van der Waals surface area contributed by atoms with Crippen LogP contribution in [0.1, 0.15) is 30.9 Å². The summed E-state index contributed by atoms with van der Waals surface area (Å²) < 4.78 is 23.7. The third kappa shape index (κ3) is 2.38. The summed E-state index contributed by atoms with van der Waals surface area (Å²) in [5, 5.41) is 3.19. The maximum Gasteiger partial charge on any atom is 0.179 e. The fourth-order valence-electron chi connectivity index (χ4n) is 2.36. The molecule has 4 heteroatoms. The Labute approximate surface area is 103 Å². The van der Waals surface area contributed by atoms with Crippen molar-refractivity contribution in [1.82, 2.24) is 5.32 Å². The predicted molar refractivity (Wildman–Crippen MR) is 69.1 cm³/mol. The zero-order chi connectivity index (χ0) is 12.6. The number of rotatable bonds is 3. The Hall–Kier alpha value is -0.870. The Bertz CT molecular complexity index is 522. The van der Waals surface area contributed by atoms with E-state index in [4.69, 9.17) is 0 Å². The molecule has 1 aromatic rings. The molecule has 94 valence electrons. The molecule has 2 unspecified atom stereocenters. The third-order valence-corrected chi connectivity index (χ3v) is 5.43. The fraction of sp³-hybridized carbons (Fsp3) is 0.538. The van der Waals surface area contributed by atoms with E-state index in [9.17, 15) is 8.42 Å². The summed E-state index contributed by atoms with van der Waals surface area (Å²) >= 11 is 0. The number of nitrogens with one attached hydrogen (secondary N) is 1. The first kappa shape index (κ1) is 12.6. The van der Waals surface area contributed by atoms with Crippen molar-refractivity contribution in [2.24, 2.45) is 0 Å². The van der Waals surface area contributed by atoms with Crippen LogP contribution in [-0.4, -0.2) is 27.3 Å². The van der Waals surface area contributed by atoms with E-state index in [1.807, 2.05) is 20.0 Å². The van der Waals surface area contributed by atoms with E-state index in [0.717, 1.165) is 12.0 Å². The average molecular weight is 253 g/mol. The Morgan fingerprint density at radius 1 is 1.47 bits per heavy atom. The average Bonchev–Trinajstić information content (AvgIpc) is 2.49. The van der Waals surface area contributed by atoms with Crippen LogP contribution in [0.15, 0.2) is 23.1 Å². The molecule has 2 rings (SSSR count). The maximum atomic E-state index is 11.8. The van der Waals surface area contributed by atoms with Crippen molar-refractivity contribution in [3.05, 3.63) is 29.3 Å². The lowest BCUT2D eigenvalue weighted by Gasteiger charge is -2.11. The van der Waals surface area contributed by atoms with Crippen LogP contribution < -0.4 is 5.32 Å². The summed E-state index contributed by atoms with van der Waals surface area (Å²) in [6, 6.07) is 6.16. The van der Waals surface area contributed by atoms with Gasteiger partial charge in [0.15, 0.2) is 9.84 Å². The van der Waals surface area contributed by atoms with E-state index in [1.54, 1.807) is 6.07 Å². The van der Waals surface area contributed by atoms with Crippen molar-refractivity contribution < 1.29 is 8.42 Å². The molecule has 1 aromatic carbocycles. The normalized spacial score (nSPS) is 23.4. The molecule has 1 heterocycles. The second kappa shape index (κ2) is 4.42. The van der Waals surface area contributed by atoms with E-state index in [0.29, 0.717) is 10.9 Å². The van der Waals surface area contributed by atoms with Crippen LogP contribution in [0.25, 0.3) is 0 Å². The second-order valence-electron chi connectivity index (χ2n) is 4.95. The van der Waals surface area contributed by atoms with Crippen molar-refractivity contribution >= 4 is 9.84 Å². The standard InChI is InChI=1S/C13H19NO2S/c1-9-8-17(15,16)13-5-4-11(7-12(9)13)6-10(2)14-3/h4-5,7,9-10,14H,6,8H2,1-3H3. The smallest absolute Gasteiger partial charge is 0.179 e. The molecule has 0 bridgehead atoms. The minimum atomic E-state index is -3.02. The molecule has 2 atom stereocenters. The van der Waals surface area contributed by atoms with Gasteiger partial charge in [-0.25, -0.2) is 8.42 Å². The highest BCUT2D eigenvalue weighted by Gasteiger charge is 2.31. The largest absolute Gasteiger partial charge is 0.317 e. The van der Waals surface area contributed by atoms with Crippen LogP contribution >= 0.6 is 0 Å². The van der Waals surface area contributed by atoms with Gasteiger partial charge in [-0.05, 0) is 43.5 Å². The first-order valence-corrected chi connectivity index (χ1v) is 7.62. The van der Waals surface area contributed by atoms with E-state index < -0.39 is 9.84 Å². The second-order valence-corrected chi connectivity index (χ2v) is 6.95. The number of benzene rings is 1. The fourth-order valence-corrected chi connectivity index (χ4v) is 4.27. The van der Waals surface area contributed by atoms with Gasteiger partial charge in [0.1, 0.15) is 0 Å². The summed E-state index contributed by atoms with van der Waals surface area (Å²) in [6.07, 6.45) is 0.927. The molecule has 0 radical (unpaired) electrons. The third-order valence-electron chi connectivity index (χ3n) is 3.44. The number of likely N-dealkylation sites (N-methyl/N-ethyl adjacent to an activating group) is 1. The van der Waals surface area contributed by atoms with Gasteiger partial charge in [0, 0.05) is 6.04 Å². The molecule has 0 fully saturated rings. The quantitative estimate of drug-likeness (QED) is 0.892. The Morgan fingerprint density at radius 3 is 2.82 bits per heavy atom. The van der Waals surface area contributed by atoms with Crippen molar-refractivity contribution in [2.75, 3.05) is 12.8 Å². The molecule has 0 spiro atoms. The van der Waals surface area contributed by atoms with Gasteiger partial charge in [-0.15, -0.1) is 0 Å². The Kier molecular flexibility index (Phi) is 3.27. The SMILES string of the molecule is CNC(C)Cc1ccc2c(c1)C(C)CS2(=O)=O. The first-order chi connectivity index (χ1) is 7.94. The van der Waals surface area contributed by atoms with Crippen LogP contribution in [0.5, 0.6) is 0 Å². The Morgan fingerprint density at radius 2 is 2.18 bits per heavy atom. The summed E-state index contributed by atoms with van der Waals surface area (Å²) in [7, 11) is -1.09. The zero-order valence-corrected chi connectivity index (χ0v) is 11.3. The summed E-state index contributed by atoms with van der Waals surface area (Å²) in [5.74, 6) is 0.382. The molecule has 3 nitrogen and oxygen atoms in total. The van der Waals surface area contributed by atoms with E-state index in [-0.39, 0.29) is 11.7 Å². The van der Waals surface area contributed by atoms with Gasteiger partial charge in [-0.3, -0.25) is 0 Å². The predicted octanol–water partition coefficient (Wildman–Crippen LogP) is 1.73. The highest BCUT2D eigenvalue weighted by molar-refractivity contribution is 7.91. The Balaban J connectivity index is 2.36. The van der Waals surface area contributed by atoms with Crippen molar-refractivity contribution in [3.63, 3.8) is 0 Å². The molecular formula is C13H19NO2S. The van der Waals surface area contributed by atoms with Crippen molar-refractivity contribution in [2.45, 2.75) is 37.1 Å². The number of hydrogen-bond acceptors (Lipinski definition) is 3. The zero-order valence-electron chi connectivity index (χ0n) is 10.5. The first-order valence-electron chi connectivity index (χ1n) is 5.97. The van der Waals surface area contributed by atoms with Gasteiger partial charge in [-0.1, -0.05) is 19.1 Å². The van der Waals surface area contributed by atoms with Gasteiger partial charge in [0.25, 0.3) is 0 Å². The van der Waals surface area contributed by atoms with Gasteiger partial charge in [0.05, 0.1) is 10.6 Å². The molecule has 0 aliphatic carbocycles. The van der Waals surface area contributed by atoms with Crippen molar-refractivity contribution in [3.8, 4) is 0 Å². The monoisotopic (exact) mass is 253 g/mol. The number of sulfone groups is 1. The summed E-state index contributed by atoms with van der Waals surface area (Å²) in [6.45, 7) is 4.10. The lowest BCUT2D eigenvalue weighted by atomic mass is 9.98. The molecular weight excluding hydrogens is 234 g/mol. The minimum absolute atomic E-state index is 0.125. The van der Waals surface area contributed by atoms with E-state index in [2.05, 4.69) is 18.3 Å². The van der Waals surface area contributed by atoms with Crippen LogP contribution in [0.4, 0.5) is 0 Å². The van der Waals surface area contributed by atoms with Gasteiger partial charge in [-0.2, -0.15) is 0 Å². The van der Waals surface area contributed by atoms with Gasteiger partial charge in [0.2, 0.25) is 0 Å². The molecule has 0 amide bonds. The van der Waals surface area contributed by atoms with Gasteiger partial charge >= 0.3 is 0 Å². The van der Waals surface area contributed by atoms with Gasteiger partial charge < -0.3 is 5.32 Å². The van der Waals surface area contributed by atoms with Crippen LogP contribution in [0.2, 0.25) is 0 Å². The van der Waals surface area contributed by atoms with E-state index in [1.165, 1.54) is 5.56 Å². The molecule has 0 saturated carbocycles. The van der Waals surface area contributed by atoms with E-state index >= 15 is 0 Å². The minimum Gasteiger partial charge on any atom is -0.317 e. The lowest BCUT2D eigenvalue weighted by Crippen LogP contribution is -2.23. The summed E-state index contributed by atoms with van der Waals surface area (Å²) in [5.41, 5.74) is 2.19. The number of hydrogen-bond donors (Lipinski definition) is 1. The lowest BCUT2D eigenvalue weighted by molar-refractivity contribution is 0.598. The van der Waals surface area contributed by atoms with Crippen molar-refractivity contribution in [1.29, 1.82) is 0 Å². The molecule has 1 aliphatic heterocycles. The molecule has 1 N–H and O–H groups in total. The topological polar surface area (TPSA) is 46.2 Å². The van der Waals surface area contributed by atoms with Crippen LogP contribution in [-0.2, 0) is 16.3 Å². The molecule has 0 aromatic heterocycles. The van der Waals surface area contributed by atoms with Crippen LogP contribution in [0, 0.1) is 0 Å². The molecule has 17 heavy (non-hydrogen) atoms.